The van der Waals surface area contributed by atoms with Gasteiger partial charge in [0.1, 0.15) is 11.6 Å². The van der Waals surface area contributed by atoms with Gasteiger partial charge in [-0.2, -0.15) is 9.97 Å². The lowest BCUT2D eigenvalue weighted by Gasteiger charge is -2.35. The second-order valence-electron chi connectivity index (χ2n) is 7.46. The number of rotatable bonds is 6. The highest BCUT2D eigenvalue weighted by Gasteiger charge is 2.20. The van der Waals surface area contributed by atoms with Crippen molar-refractivity contribution in [3.05, 3.63) is 41.5 Å². The fraction of sp³-hybridized carbons (Fsp3) is 0.500. The second kappa shape index (κ2) is 8.54. The number of nitrogens with two attached hydrogens (primary N) is 1. The molecule has 1 aromatic heterocycles. The molecule has 2 heterocycles. The van der Waals surface area contributed by atoms with Crippen LogP contribution in [-0.2, 0) is 13.1 Å². The Hall–Kier alpha value is -2.38. The van der Waals surface area contributed by atoms with Gasteiger partial charge in [-0.3, -0.25) is 4.90 Å². The Labute approximate surface area is 162 Å². The minimum Gasteiger partial charge on any atom is -0.363 e. The molecule has 0 unspecified atom stereocenters. The molecule has 27 heavy (non-hydrogen) atoms. The molecule has 7 heteroatoms. The van der Waals surface area contributed by atoms with Crippen LogP contribution in [0.15, 0.2) is 30.3 Å². The summed E-state index contributed by atoms with van der Waals surface area (Å²) in [7, 11) is 8.05. The smallest absolute Gasteiger partial charge is 0.229 e. The fourth-order valence-corrected chi connectivity index (χ4v) is 3.15. The van der Waals surface area contributed by atoms with E-state index in [0.29, 0.717) is 6.54 Å². The molecule has 0 spiro atoms. The summed E-state index contributed by atoms with van der Waals surface area (Å²) >= 11 is 0. The van der Waals surface area contributed by atoms with E-state index in [1.54, 1.807) is 0 Å². The summed E-state index contributed by atoms with van der Waals surface area (Å²) in [5.41, 5.74) is 8.19. The van der Waals surface area contributed by atoms with E-state index in [1.165, 1.54) is 11.1 Å². The number of hydrogen-bond donors (Lipinski definition) is 1. The van der Waals surface area contributed by atoms with Crippen molar-refractivity contribution in [3.63, 3.8) is 0 Å². The first-order valence-corrected chi connectivity index (χ1v) is 9.45. The number of benzene rings is 1. The lowest BCUT2D eigenvalue weighted by atomic mass is 10.1. The van der Waals surface area contributed by atoms with Gasteiger partial charge in [0, 0.05) is 73.5 Å². The van der Waals surface area contributed by atoms with E-state index in [0.717, 1.165) is 50.3 Å². The van der Waals surface area contributed by atoms with Crippen molar-refractivity contribution < 1.29 is 0 Å². The van der Waals surface area contributed by atoms with Crippen molar-refractivity contribution in [2.75, 3.05) is 69.1 Å². The van der Waals surface area contributed by atoms with Gasteiger partial charge in [0.25, 0.3) is 0 Å². The zero-order chi connectivity index (χ0) is 19.4. The Morgan fingerprint density at radius 1 is 0.852 bits per heavy atom. The van der Waals surface area contributed by atoms with Crippen molar-refractivity contribution in [1.82, 2.24) is 14.9 Å². The average Bonchev–Trinajstić information content (AvgIpc) is 2.68. The van der Waals surface area contributed by atoms with E-state index in [-0.39, 0.29) is 0 Å². The molecular formula is C20H31N7. The molecule has 0 radical (unpaired) electrons. The minimum absolute atomic E-state index is 0.597. The van der Waals surface area contributed by atoms with Gasteiger partial charge >= 0.3 is 0 Å². The van der Waals surface area contributed by atoms with Crippen LogP contribution in [0.4, 0.5) is 17.6 Å². The standard InChI is InChI=1S/C20H31N7/c1-24(2)18-13-19(25(3)4)23-20(22-18)27-11-9-26(10-12-27)15-17-7-5-16(14-21)6-8-17/h5-8,13H,9-12,14-15,21H2,1-4H3. The Morgan fingerprint density at radius 3 is 1.85 bits per heavy atom. The Kier molecular flexibility index (Phi) is 6.13. The summed E-state index contributed by atoms with van der Waals surface area (Å²) in [4.78, 5) is 18.3. The maximum Gasteiger partial charge on any atom is 0.229 e. The third-order valence-electron chi connectivity index (χ3n) is 4.92. The highest BCUT2D eigenvalue weighted by Crippen LogP contribution is 2.22. The molecule has 0 amide bonds. The van der Waals surface area contributed by atoms with Crippen LogP contribution in [0.1, 0.15) is 11.1 Å². The monoisotopic (exact) mass is 369 g/mol. The zero-order valence-electron chi connectivity index (χ0n) is 16.9. The van der Waals surface area contributed by atoms with E-state index in [2.05, 4.69) is 34.1 Å². The van der Waals surface area contributed by atoms with E-state index in [1.807, 2.05) is 44.1 Å². The third kappa shape index (κ3) is 4.87. The largest absolute Gasteiger partial charge is 0.363 e. The summed E-state index contributed by atoms with van der Waals surface area (Å²) in [6.45, 7) is 5.45. The molecule has 2 N–H and O–H groups in total. The van der Waals surface area contributed by atoms with Crippen LogP contribution in [0, 0.1) is 0 Å². The Bertz CT molecular complexity index is 708. The molecule has 0 aliphatic carbocycles. The van der Waals surface area contributed by atoms with Crippen LogP contribution in [0.25, 0.3) is 0 Å². The quantitative estimate of drug-likeness (QED) is 0.825. The van der Waals surface area contributed by atoms with E-state index >= 15 is 0 Å². The van der Waals surface area contributed by atoms with Gasteiger partial charge in [-0.05, 0) is 11.1 Å². The topological polar surface area (TPSA) is 64.8 Å². The normalized spacial score (nSPS) is 15.1. The summed E-state index contributed by atoms with van der Waals surface area (Å²) in [5, 5.41) is 0. The first-order valence-electron chi connectivity index (χ1n) is 9.45. The number of hydrogen-bond acceptors (Lipinski definition) is 7. The Balaban J connectivity index is 1.64. The molecule has 1 aromatic carbocycles. The molecule has 0 bridgehead atoms. The van der Waals surface area contributed by atoms with E-state index in [9.17, 15) is 0 Å². The Morgan fingerprint density at radius 2 is 1.37 bits per heavy atom. The van der Waals surface area contributed by atoms with Crippen LogP contribution < -0.4 is 20.4 Å². The van der Waals surface area contributed by atoms with Gasteiger partial charge in [0.2, 0.25) is 5.95 Å². The number of piperazine rings is 1. The minimum atomic E-state index is 0.597. The van der Waals surface area contributed by atoms with E-state index < -0.39 is 0 Å². The maximum absolute atomic E-state index is 5.68. The van der Waals surface area contributed by atoms with Crippen LogP contribution in [0.3, 0.4) is 0 Å². The van der Waals surface area contributed by atoms with Crippen molar-refractivity contribution in [1.29, 1.82) is 0 Å². The molecule has 0 atom stereocenters. The molecule has 3 rings (SSSR count). The molecule has 1 saturated heterocycles. The van der Waals surface area contributed by atoms with Gasteiger partial charge in [0.15, 0.2) is 0 Å². The van der Waals surface area contributed by atoms with Crippen LogP contribution in [0.2, 0.25) is 0 Å². The van der Waals surface area contributed by atoms with Crippen LogP contribution in [-0.4, -0.2) is 69.2 Å². The lowest BCUT2D eigenvalue weighted by Crippen LogP contribution is -2.46. The highest BCUT2D eigenvalue weighted by atomic mass is 15.3. The maximum atomic E-state index is 5.68. The van der Waals surface area contributed by atoms with Gasteiger partial charge in [-0.1, -0.05) is 24.3 Å². The van der Waals surface area contributed by atoms with Crippen molar-refractivity contribution in [3.8, 4) is 0 Å². The SMILES string of the molecule is CN(C)c1cc(N(C)C)nc(N2CCN(Cc3ccc(CN)cc3)CC2)n1. The molecule has 1 aliphatic rings. The molecule has 1 fully saturated rings. The first-order chi connectivity index (χ1) is 13.0. The van der Waals surface area contributed by atoms with Crippen molar-refractivity contribution in [2.45, 2.75) is 13.1 Å². The molecule has 146 valence electrons. The number of aromatic nitrogens is 2. The molecular weight excluding hydrogens is 338 g/mol. The fourth-order valence-electron chi connectivity index (χ4n) is 3.15. The first kappa shape index (κ1) is 19.4. The third-order valence-corrected chi connectivity index (χ3v) is 4.92. The molecule has 1 aliphatic heterocycles. The number of nitrogens with zero attached hydrogens (tertiary/aromatic N) is 6. The van der Waals surface area contributed by atoms with Gasteiger partial charge in [0.05, 0.1) is 0 Å². The summed E-state index contributed by atoms with van der Waals surface area (Å²) in [6, 6.07) is 10.6. The van der Waals surface area contributed by atoms with Crippen molar-refractivity contribution in [2.24, 2.45) is 5.73 Å². The van der Waals surface area contributed by atoms with Crippen LogP contribution >= 0.6 is 0 Å². The lowest BCUT2D eigenvalue weighted by molar-refractivity contribution is 0.248. The highest BCUT2D eigenvalue weighted by molar-refractivity contribution is 5.54. The van der Waals surface area contributed by atoms with Crippen LogP contribution in [0.5, 0.6) is 0 Å². The van der Waals surface area contributed by atoms with E-state index in [4.69, 9.17) is 15.7 Å². The van der Waals surface area contributed by atoms with Crippen molar-refractivity contribution >= 4 is 17.6 Å². The number of anilines is 3. The molecule has 0 saturated carbocycles. The molecule has 2 aromatic rings. The van der Waals surface area contributed by atoms with Gasteiger partial charge < -0.3 is 20.4 Å². The molecule has 7 nitrogen and oxygen atoms in total. The average molecular weight is 370 g/mol. The summed E-state index contributed by atoms with van der Waals surface area (Å²) in [6.07, 6.45) is 0. The van der Waals surface area contributed by atoms with Gasteiger partial charge in [-0.15, -0.1) is 0 Å². The second-order valence-corrected chi connectivity index (χ2v) is 7.46. The summed E-state index contributed by atoms with van der Waals surface area (Å²) < 4.78 is 0. The zero-order valence-corrected chi connectivity index (χ0v) is 16.9. The predicted octanol–water partition coefficient (Wildman–Crippen LogP) is 1.39. The summed E-state index contributed by atoms with van der Waals surface area (Å²) in [5.74, 6) is 2.69. The predicted molar refractivity (Wildman–Crippen MR) is 113 cm³/mol. The van der Waals surface area contributed by atoms with Gasteiger partial charge in [-0.25, -0.2) is 0 Å².